The third-order valence-corrected chi connectivity index (χ3v) is 2.03. The van der Waals surface area contributed by atoms with Crippen molar-refractivity contribution in [1.29, 1.82) is 0 Å². The summed E-state index contributed by atoms with van der Waals surface area (Å²) in [5, 5.41) is 8.29. The highest BCUT2D eigenvalue weighted by Gasteiger charge is 2.19. The molecule has 0 spiro atoms. The monoisotopic (exact) mass is 238 g/mol. The fraction of sp³-hybridized carbons (Fsp3) is 0.333. The Balaban J connectivity index is 2.70. The summed E-state index contributed by atoms with van der Waals surface area (Å²) in [5.74, 6) is -0.422. The number of benzene rings is 1. The fourth-order valence-electron chi connectivity index (χ4n) is 1.42. The second-order valence-electron chi connectivity index (χ2n) is 3.77. The van der Waals surface area contributed by atoms with Crippen LogP contribution < -0.4 is 4.74 Å². The molecule has 0 aromatic heterocycles. The molecule has 0 radical (unpaired) electrons. The molecule has 17 heavy (non-hydrogen) atoms. The minimum Gasteiger partial charge on any atom is -0.479 e. The van der Waals surface area contributed by atoms with E-state index in [1.807, 2.05) is 19.9 Å². The standard InChI is InChI=1S/C12H14O5/c1-7-4-8(2)6-10(5-7)16-9(3)11(13)17-12(14)15/h4-6,9H,1-3H3,(H,14,15). The Bertz CT molecular complexity index is 418. The smallest absolute Gasteiger partial charge is 0.479 e. The largest absolute Gasteiger partial charge is 0.513 e. The Labute approximate surface area is 99.0 Å². The molecule has 0 aliphatic carbocycles. The Kier molecular flexibility index (Phi) is 4.09. The van der Waals surface area contributed by atoms with Gasteiger partial charge in [0, 0.05) is 0 Å². The number of carbonyl (C=O) groups is 2. The predicted molar refractivity (Wildman–Crippen MR) is 60.1 cm³/mol. The Morgan fingerprint density at radius 1 is 1.18 bits per heavy atom. The number of ether oxygens (including phenoxy) is 2. The van der Waals surface area contributed by atoms with Crippen LogP contribution in [0.15, 0.2) is 18.2 Å². The van der Waals surface area contributed by atoms with Crippen LogP contribution in [0, 0.1) is 13.8 Å². The second kappa shape index (κ2) is 5.34. The lowest BCUT2D eigenvalue weighted by Gasteiger charge is -2.13. The van der Waals surface area contributed by atoms with Crippen LogP contribution in [0.2, 0.25) is 0 Å². The maximum absolute atomic E-state index is 11.2. The topological polar surface area (TPSA) is 72.8 Å². The normalized spacial score (nSPS) is 11.7. The average Bonchev–Trinajstić information content (AvgIpc) is 2.14. The summed E-state index contributed by atoms with van der Waals surface area (Å²) < 4.78 is 9.30. The fourth-order valence-corrected chi connectivity index (χ4v) is 1.42. The Morgan fingerprint density at radius 2 is 1.71 bits per heavy atom. The number of hydrogen-bond acceptors (Lipinski definition) is 4. The van der Waals surface area contributed by atoms with Gasteiger partial charge in [-0.15, -0.1) is 0 Å². The molecule has 0 aliphatic rings. The molecule has 1 N–H and O–H groups in total. The molecule has 1 aromatic carbocycles. The second-order valence-corrected chi connectivity index (χ2v) is 3.77. The van der Waals surface area contributed by atoms with Crippen molar-refractivity contribution in [2.75, 3.05) is 0 Å². The first-order chi connectivity index (χ1) is 7.88. The first-order valence-corrected chi connectivity index (χ1v) is 5.08. The van der Waals surface area contributed by atoms with Crippen LogP contribution in [0.4, 0.5) is 4.79 Å². The maximum atomic E-state index is 11.2. The Hall–Kier alpha value is -2.04. The third kappa shape index (κ3) is 4.14. The van der Waals surface area contributed by atoms with Gasteiger partial charge in [-0.2, -0.15) is 0 Å². The van der Waals surface area contributed by atoms with Crippen LogP contribution in [0.5, 0.6) is 5.75 Å². The molecule has 0 aliphatic heterocycles. The van der Waals surface area contributed by atoms with Gasteiger partial charge in [-0.1, -0.05) is 6.07 Å². The van der Waals surface area contributed by atoms with E-state index in [0.29, 0.717) is 5.75 Å². The van der Waals surface area contributed by atoms with E-state index < -0.39 is 18.2 Å². The number of rotatable bonds is 3. The molecule has 92 valence electrons. The number of carboxylic acid groups (broad SMARTS) is 1. The van der Waals surface area contributed by atoms with Crippen molar-refractivity contribution in [1.82, 2.24) is 0 Å². The molecule has 0 heterocycles. The Morgan fingerprint density at radius 3 is 2.18 bits per heavy atom. The minimum atomic E-state index is -1.63. The number of aryl methyl sites for hydroxylation is 2. The first kappa shape index (κ1) is 13.0. The lowest BCUT2D eigenvalue weighted by Crippen LogP contribution is -2.27. The molecule has 0 saturated heterocycles. The van der Waals surface area contributed by atoms with Gasteiger partial charge in [0.05, 0.1) is 0 Å². The average molecular weight is 238 g/mol. The number of carbonyl (C=O) groups excluding carboxylic acids is 1. The minimum absolute atomic E-state index is 0.511. The van der Waals surface area contributed by atoms with Gasteiger partial charge in [-0.05, 0) is 44.0 Å². The van der Waals surface area contributed by atoms with Gasteiger partial charge in [-0.3, -0.25) is 0 Å². The van der Waals surface area contributed by atoms with Gasteiger partial charge in [-0.25, -0.2) is 9.59 Å². The van der Waals surface area contributed by atoms with E-state index >= 15 is 0 Å². The summed E-state index contributed by atoms with van der Waals surface area (Å²) in [4.78, 5) is 21.4. The summed E-state index contributed by atoms with van der Waals surface area (Å²) in [6.45, 7) is 5.24. The van der Waals surface area contributed by atoms with Gasteiger partial charge < -0.3 is 14.6 Å². The van der Waals surface area contributed by atoms with Crippen molar-refractivity contribution in [3.05, 3.63) is 29.3 Å². The highest BCUT2D eigenvalue weighted by atomic mass is 16.7. The van der Waals surface area contributed by atoms with Crippen LogP contribution in [0.1, 0.15) is 18.1 Å². The summed E-state index contributed by atoms with van der Waals surface area (Å²) in [6.07, 6.45) is -2.60. The molecule has 5 heteroatoms. The summed E-state index contributed by atoms with van der Waals surface area (Å²) >= 11 is 0. The lowest BCUT2D eigenvalue weighted by atomic mass is 10.1. The van der Waals surface area contributed by atoms with Gasteiger partial charge in [0.25, 0.3) is 0 Å². The van der Waals surface area contributed by atoms with Crippen LogP contribution in [0.3, 0.4) is 0 Å². The van der Waals surface area contributed by atoms with Gasteiger partial charge in [0.15, 0.2) is 6.10 Å². The molecule has 0 bridgehead atoms. The summed E-state index contributed by atoms with van der Waals surface area (Å²) in [7, 11) is 0. The lowest BCUT2D eigenvalue weighted by molar-refractivity contribution is -0.146. The van der Waals surface area contributed by atoms with Crippen LogP contribution >= 0.6 is 0 Å². The molecule has 1 aromatic rings. The van der Waals surface area contributed by atoms with Gasteiger partial charge in [0.1, 0.15) is 5.75 Å². The third-order valence-electron chi connectivity index (χ3n) is 2.03. The van der Waals surface area contributed by atoms with E-state index in [2.05, 4.69) is 4.74 Å². The van der Waals surface area contributed by atoms with Crippen molar-refractivity contribution in [2.45, 2.75) is 26.9 Å². The molecule has 1 atom stereocenters. The molecular weight excluding hydrogens is 224 g/mol. The zero-order chi connectivity index (χ0) is 13.0. The van der Waals surface area contributed by atoms with E-state index in [9.17, 15) is 9.59 Å². The van der Waals surface area contributed by atoms with E-state index in [0.717, 1.165) is 11.1 Å². The maximum Gasteiger partial charge on any atom is 0.513 e. The summed E-state index contributed by atoms with van der Waals surface area (Å²) in [5.41, 5.74) is 2.00. The van der Waals surface area contributed by atoms with Crippen LogP contribution in [0.25, 0.3) is 0 Å². The van der Waals surface area contributed by atoms with E-state index in [4.69, 9.17) is 9.84 Å². The van der Waals surface area contributed by atoms with Crippen molar-refractivity contribution < 1.29 is 24.2 Å². The first-order valence-electron chi connectivity index (χ1n) is 5.08. The van der Waals surface area contributed by atoms with Crippen molar-refractivity contribution in [3.63, 3.8) is 0 Å². The quantitative estimate of drug-likeness (QED) is 0.646. The molecule has 0 saturated carbocycles. The van der Waals surface area contributed by atoms with Crippen LogP contribution in [-0.2, 0) is 9.53 Å². The summed E-state index contributed by atoms with van der Waals surface area (Å²) in [6, 6.07) is 5.49. The van der Waals surface area contributed by atoms with Crippen molar-refractivity contribution in [3.8, 4) is 5.75 Å². The zero-order valence-electron chi connectivity index (χ0n) is 9.89. The highest BCUT2D eigenvalue weighted by molar-refractivity contribution is 5.84. The van der Waals surface area contributed by atoms with E-state index in [1.54, 1.807) is 12.1 Å². The zero-order valence-corrected chi connectivity index (χ0v) is 9.89. The molecule has 0 amide bonds. The predicted octanol–water partition coefficient (Wildman–Crippen LogP) is 2.29. The highest BCUT2D eigenvalue weighted by Crippen LogP contribution is 2.17. The molecule has 5 nitrogen and oxygen atoms in total. The molecule has 1 unspecified atom stereocenters. The van der Waals surface area contributed by atoms with Gasteiger partial charge in [0.2, 0.25) is 0 Å². The number of hydrogen-bond donors (Lipinski definition) is 1. The van der Waals surface area contributed by atoms with E-state index in [-0.39, 0.29) is 0 Å². The van der Waals surface area contributed by atoms with Crippen molar-refractivity contribution in [2.24, 2.45) is 0 Å². The number of esters is 1. The van der Waals surface area contributed by atoms with E-state index in [1.165, 1.54) is 6.92 Å². The van der Waals surface area contributed by atoms with Crippen LogP contribution in [-0.4, -0.2) is 23.3 Å². The van der Waals surface area contributed by atoms with Gasteiger partial charge >= 0.3 is 12.1 Å². The molecular formula is C12H14O5. The van der Waals surface area contributed by atoms with Crippen molar-refractivity contribution >= 4 is 12.1 Å². The SMILES string of the molecule is Cc1cc(C)cc(OC(C)C(=O)OC(=O)O)c1. The molecule has 1 rings (SSSR count). The molecule has 0 fully saturated rings.